The minimum atomic E-state index is 0.528. The number of hydrogen-bond acceptors (Lipinski definition) is 0. The van der Waals surface area contributed by atoms with E-state index in [0.29, 0.717) is 5.41 Å². The molecule has 1 saturated carbocycles. The predicted octanol–water partition coefficient (Wildman–Crippen LogP) is 3.80. The van der Waals surface area contributed by atoms with Crippen LogP contribution in [0.3, 0.4) is 0 Å². The van der Waals surface area contributed by atoms with E-state index in [0.717, 1.165) is 0 Å². The molecule has 0 spiro atoms. The Morgan fingerprint density at radius 1 is 1.21 bits per heavy atom. The summed E-state index contributed by atoms with van der Waals surface area (Å²) in [5.41, 5.74) is 1.97. The molecule has 0 unspecified atom stereocenters. The van der Waals surface area contributed by atoms with E-state index in [4.69, 9.17) is 0 Å². The van der Waals surface area contributed by atoms with Crippen molar-refractivity contribution in [3.8, 4) is 0 Å². The summed E-state index contributed by atoms with van der Waals surface area (Å²) in [5, 5.41) is 3.14. The summed E-state index contributed by atoms with van der Waals surface area (Å²) in [6.45, 7) is 2.42. The first-order valence-electron chi connectivity index (χ1n) is 5.31. The van der Waals surface area contributed by atoms with E-state index in [2.05, 4.69) is 37.3 Å². The van der Waals surface area contributed by atoms with Gasteiger partial charge in [0.25, 0.3) is 0 Å². The Bertz CT molecular complexity index is 399. The molecule has 1 aromatic carbocycles. The van der Waals surface area contributed by atoms with Crippen LogP contribution in [-0.4, -0.2) is 0 Å². The van der Waals surface area contributed by atoms with Gasteiger partial charge in [0.1, 0.15) is 0 Å². The fraction of sp³-hybridized carbons (Fsp3) is 0.385. The van der Waals surface area contributed by atoms with Gasteiger partial charge < -0.3 is 0 Å². The highest BCUT2D eigenvalue weighted by Gasteiger charge is 2.37. The van der Waals surface area contributed by atoms with Gasteiger partial charge in [-0.3, -0.25) is 0 Å². The van der Waals surface area contributed by atoms with E-state index >= 15 is 0 Å². The molecule has 0 N–H and O–H groups in total. The van der Waals surface area contributed by atoms with Gasteiger partial charge in [0.15, 0.2) is 0 Å². The summed E-state index contributed by atoms with van der Waals surface area (Å²) in [4.78, 5) is 0. The summed E-state index contributed by atoms with van der Waals surface area (Å²) >= 11 is 0. The third kappa shape index (κ3) is 1.17. The molecule has 0 aromatic heterocycles. The van der Waals surface area contributed by atoms with Gasteiger partial charge in [-0.15, -0.1) is 0 Å². The van der Waals surface area contributed by atoms with Gasteiger partial charge in [-0.05, 0) is 49.1 Å². The molecule has 1 fully saturated rings. The van der Waals surface area contributed by atoms with Crippen molar-refractivity contribution in [2.24, 2.45) is 5.41 Å². The molecule has 1 aliphatic carbocycles. The van der Waals surface area contributed by atoms with E-state index in [1.54, 1.807) is 5.31 Å². The van der Waals surface area contributed by atoms with Crippen molar-refractivity contribution < 1.29 is 0 Å². The Hall–Kier alpha value is -0.610. The van der Waals surface area contributed by atoms with Crippen molar-refractivity contribution in [3.05, 3.63) is 35.1 Å². The van der Waals surface area contributed by atoms with E-state index in [1.165, 1.54) is 38.7 Å². The molecule has 2 aliphatic rings. The maximum absolute atomic E-state index is 2.42. The largest absolute Gasteiger partial charge is 0.0616 e. The topological polar surface area (TPSA) is 0 Å². The van der Waals surface area contributed by atoms with Gasteiger partial charge in [-0.1, -0.05) is 37.6 Å². The average Bonchev–Trinajstić information content (AvgIpc) is 2.57. The molecule has 0 saturated heterocycles. The van der Waals surface area contributed by atoms with Crippen LogP contribution >= 0.6 is 8.58 Å². The van der Waals surface area contributed by atoms with E-state index in [9.17, 15) is 0 Å². The van der Waals surface area contributed by atoms with Crippen molar-refractivity contribution in [1.29, 1.82) is 0 Å². The van der Waals surface area contributed by atoms with Gasteiger partial charge in [0.2, 0.25) is 0 Å². The van der Waals surface area contributed by atoms with Crippen LogP contribution in [0.25, 0.3) is 6.08 Å². The second-order valence-electron chi connectivity index (χ2n) is 4.61. The van der Waals surface area contributed by atoms with E-state index in [1.807, 2.05) is 0 Å². The van der Waals surface area contributed by atoms with Crippen molar-refractivity contribution in [2.45, 2.75) is 26.2 Å². The van der Waals surface area contributed by atoms with Crippen molar-refractivity contribution in [2.75, 3.05) is 0 Å². The molecule has 1 radical (unpaired) electrons. The predicted molar refractivity (Wildman–Crippen MR) is 62.9 cm³/mol. The molecule has 0 bridgehead atoms. The van der Waals surface area contributed by atoms with Crippen LogP contribution in [0, 0.1) is 5.41 Å². The van der Waals surface area contributed by atoms with Crippen molar-refractivity contribution >= 4 is 20.0 Å². The quantitative estimate of drug-likeness (QED) is 0.606. The third-order valence-corrected chi connectivity index (χ3v) is 5.10. The zero-order chi connectivity index (χ0) is 9.60. The van der Waals surface area contributed by atoms with Crippen LogP contribution in [0.15, 0.2) is 29.6 Å². The first-order valence-corrected chi connectivity index (χ1v) is 6.20. The van der Waals surface area contributed by atoms with Crippen LogP contribution in [0.5, 0.6) is 0 Å². The van der Waals surface area contributed by atoms with Crippen LogP contribution in [0.4, 0.5) is 0 Å². The molecule has 1 aliphatic heterocycles. The van der Waals surface area contributed by atoms with Gasteiger partial charge in [0, 0.05) is 0 Å². The molecule has 0 amide bonds. The zero-order valence-corrected chi connectivity index (χ0v) is 9.35. The molecule has 0 nitrogen and oxygen atoms in total. The van der Waals surface area contributed by atoms with Crippen LogP contribution < -0.4 is 5.30 Å². The zero-order valence-electron chi connectivity index (χ0n) is 8.46. The lowest BCUT2D eigenvalue weighted by molar-refractivity contribution is 0.229. The van der Waals surface area contributed by atoms with Gasteiger partial charge in [0.05, 0.1) is 0 Å². The number of rotatable bonds is 1. The number of fused-ring (bicyclic) bond motifs is 1. The normalized spacial score (nSPS) is 24.2. The summed E-state index contributed by atoms with van der Waals surface area (Å²) < 4.78 is 0. The van der Waals surface area contributed by atoms with E-state index < -0.39 is 0 Å². The number of hydrogen-bond donors (Lipinski definition) is 0. The van der Waals surface area contributed by atoms with Crippen LogP contribution in [0.2, 0.25) is 0 Å². The lowest BCUT2D eigenvalue weighted by atomic mass is 9.70. The van der Waals surface area contributed by atoms with Crippen LogP contribution in [0.1, 0.15) is 31.7 Å². The molecule has 0 atom stereocenters. The molecular formula is C13H14P. The summed E-state index contributed by atoms with van der Waals surface area (Å²) in [6, 6.07) is 8.77. The first kappa shape index (κ1) is 8.68. The standard InChI is InChI=1S/C13H14P/c1-13(7-4-8-13)12-9-10-5-2-3-6-11(10)14-12/h2-3,5-6,9H,4,7-8H2,1H3. The first-order chi connectivity index (χ1) is 6.78. The third-order valence-electron chi connectivity index (χ3n) is 3.55. The van der Waals surface area contributed by atoms with E-state index in [-0.39, 0.29) is 0 Å². The number of benzene rings is 1. The van der Waals surface area contributed by atoms with Gasteiger partial charge >= 0.3 is 0 Å². The minimum absolute atomic E-state index is 0.528. The van der Waals surface area contributed by atoms with Crippen molar-refractivity contribution in [1.82, 2.24) is 0 Å². The second kappa shape index (κ2) is 2.94. The Labute approximate surface area is 87.2 Å². The summed E-state index contributed by atoms with van der Waals surface area (Å²) in [7, 11) is 1.46. The van der Waals surface area contributed by atoms with Crippen molar-refractivity contribution in [3.63, 3.8) is 0 Å². The Morgan fingerprint density at radius 2 is 2.00 bits per heavy atom. The Balaban J connectivity index is 1.95. The lowest BCUT2D eigenvalue weighted by Crippen LogP contribution is -2.25. The molecule has 1 heterocycles. The SMILES string of the molecule is CC1(C2=Cc3ccccc3[P]2)CCC1. The Morgan fingerprint density at radius 3 is 2.64 bits per heavy atom. The maximum Gasteiger partial charge on any atom is -0.00639 e. The lowest BCUT2D eigenvalue weighted by Gasteiger charge is -2.39. The highest BCUT2D eigenvalue weighted by atomic mass is 31.1. The number of allylic oxidation sites excluding steroid dienone is 1. The second-order valence-corrected chi connectivity index (χ2v) is 5.80. The fourth-order valence-electron chi connectivity index (χ4n) is 2.29. The molecule has 3 rings (SSSR count). The smallest absolute Gasteiger partial charge is 0.00639 e. The maximum atomic E-state index is 2.42. The fourth-order valence-corrected chi connectivity index (χ4v) is 3.68. The van der Waals surface area contributed by atoms with Gasteiger partial charge in [-0.25, -0.2) is 0 Å². The minimum Gasteiger partial charge on any atom is -0.0616 e. The molecule has 1 aromatic rings. The molecular weight excluding hydrogens is 187 g/mol. The molecule has 14 heavy (non-hydrogen) atoms. The Kier molecular flexibility index (Phi) is 1.82. The highest BCUT2D eigenvalue weighted by molar-refractivity contribution is 7.53. The molecule has 71 valence electrons. The highest BCUT2D eigenvalue weighted by Crippen LogP contribution is 2.55. The van der Waals surface area contributed by atoms with Gasteiger partial charge in [-0.2, -0.15) is 0 Å². The average molecular weight is 201 g/mol. The van der Waals surface area contributed by atoms with Crippen LogP contribution in [-0.2, 0) is 0 Å². The summed E-state index contributed by atoms with van der Waals surface area (Å²) in [6.07, 6.45) is 6.61. The monoisotopic (exact) mass is 201 g/mol. The molecule has 1 heteroatoms. The summed E-state index contributed by atoms with van der Waals surface area (Å²) in [5.74, 6) is 0.